The molecule has 7 nitrogen and oxygen atoms in total. The highest BCUT2D eigenvalue weighted by atomic mass is 32.2. The Bertz CT molecular complexity index is 1050. The fraction of sp³-hybridized carbons (Fsp3) is 0.263. The first-order valence-corrected chi connectivity index (χ1v) is 10.1. The number of carbonyl (C=O) groups is 2. The second-order valence-corrected chi connectivity index (χ2v) is 8.90. The van der Waals surface area contributed by atoms with Crippen LogP contribution in [0.15, 0.2) is 41.3 Å². The Balaban J connectivity index is 1.78. The SMILES string of the molecule is Cc1cc2c(cc1S(=O)(=O)C(C)CC(=O)Nc1cccc(F)c1)OCC(=O)N2. The number of anilines is 2. The van der Waals surface area contributed by atoms with E-state index in [-0.39, 0.29) is 35.3 Å². The van der Waals surface area contributed by atoms with Gasteiger partial charge in [0.2, 0.25) is 5.91 Å². The smallest absolute Gasteiger partial charge is 0.262 e. The number of fused-ring (bicyclic) bond motifs is 1. The maximum absolute atomic E-state index is 13.2. The summed E-state index contributed by atoms with van der Waals surface area (Å²) in [6.45, 7) is 2.84. The third kappa shape index (κ3) is 4.14. The van der Waals surface area contributed by atoms with E-state index >= 15 is 0 Å². The Kier molecular flexibility index (Phi) is 5.37. The van der Waals surface area contributed by atoms with Crippen LogP contribution >= 0.6 is 0 Å². The zero-order chi connectivity index (χ0) is 20.5. The molecule has 28 heavy (non-hydrogen) atoms. The van der Waals surface area contributed by atoms with Crippen LogP contribution in [0.4, 0.5) is 15.8 Å². The number of carbonyl (C=O) groups excluding carboxylic acids is 2. The van der Waals surface area contributed by atoms with Crippen LogP contribution < -0.4 is 15.4 Å². The molecule has 0 bridgehead atoms. The van der Waals surface area contributed by atoms with Crippen LogP contribution in [0.1, 0.15) is 18.9 Å². The molecule has 1 heterocycles. The molecule has 1 aliphatic heterocycles. The minimum absolute atomic E-state index is 0.0356. The van der Waals surface area contributed by atoms with E-state index in [1.807, 2.05) is 0 Å². The Labute approximate surface area is 161 Å². The van der Waals surface area contributed by atoms with Crippen LogP contribution in [0.25, 0.3) is 0 Å². The van der Waals surface area contributed by atoms with Gasteiger partial charge in [-0.05, 0) is 43.7 Å². The van der Waals surface area contributed by atoms with E-state index in [4.69, 9.17) is 4.74 Å². The summed E-state index contributed by atoms with van der Waals surface area (Å²) in [4.78, 5) is 23.6. The van der Waals surface area contributed by atoms with Crippen molar-refractivity contribution >= 4 is 33.0 Å². The summed E-state index contributed by atoms with van der Waals surface area (Å²) in [5.41, 5.74) is 1.09. The molecule has 0 aromatic heterocycles. The van der Waals surface area contributed by atoms with E-state index in [9.17, 15) is 22.4 Å². The zero-order valence-electron chi connectivity index (χ0n) is 15.3. The lowest BCUT2D eigenvalue weighted by molar-refractivity contribution is -0.118. The van der Waals surface area contributed by atoms with Crippen molar-refractivity contribution in [2.45, 2.75) is 30.4 Å². The number of amides is 2. The molecule has 1 aliphatic rings. The van der Waals surface area contributed by atoms with E-state index in [2.05, 4.69) is 10.6 Å². The quantitative estimate of drug-likeness (QED) is 0.795. The van der Waals surface area contributed by atoms with Crippen molar-refractivity contribution in [3.63, 3.8) is 0 Å². The molecule has 0 saturated heterocycles. The fourth-order valence-corrected chi connectivity index (χ4v) is 4.47. The summed E-state index contributed by atoms with van der Waals surface area (Å²) in [5, 5.41) is 4.09. The number of halogens is 1. The first kappa shape index (κ1) is 19.8. The van der Waals surface area contributed by atoms with Crippen molar-refractivity contribution in [2.75, 3.05) is 17.2 Å². The molecular formula is C19H19FN2O5S. The topological polar surface area (TPSA) is 102 Å². The van der Waals surface area contributed by atoms with Crippen molar-refractivity contribution < 1.29 is 27.1 Å². The summed E-state index contributed by atoms with van der Waals surface area (Å²) < 4.78 is 44.4. The minimum Gasteiger partial charge on any atom is -0.482 e. The Hall–Kier alpha value is -2.94. The number of nitrogens with one attached hydrogen (secondary N) is 2. The van der Waals surface area contributed by atoms with E-state index in [0.29, 0.717) is 11.3 Å². The van der Waals surface area contributed by atoms with Crippen LogP contribution in [-0.4, -0.2) is 32.1 Å². The molecule has 148 valence electrons. The lowest BCUT2D eigenvalue weighted by Crippen LogP contribution is -2.27. The van der Waals surface area contributed by atoms with E-state index < -0.39 is 26.8 Å². The van der Waals surface area contributed by atoms with E-state index in [1.165, 1.54) is 37.3 Å². The summed E-state index contributed by atoms with van der Waals surface area (Å²) in [6.07, 6.45) is -0.299. The molecule has 0 radical (unpaired) electrons. The molecule has 2 aromatic rings. The van der Waals surface area contributed by atoms with Gasteiger partial charge in [-0.1, -0.05) is 6.07 Å². The number of rotatable bonds is 5. The number of ether oxygens (including phenoxy) is 1. The van der Waals surface area contributed by atoms with Gasteiger partial charge in [-0.25, -0.2) is 12.8 Å². The van der Waals surface area contributed by atoms with Crippen molar-refractivity contribution in [1.82, 2.24) is 0 Å². The first-order valence-electron chi connectivity index (χ1n) is 8.53. The molecule has 9 heteroatoms. The summed E-state index contributed by atoms with van der Waals surface area (Å²) in [5.74, 6) is -1.10. The summed E-state index contributed by atoms with van der Waals surface area (Å²) in [6, 6.07) is 8.24. The van der Waals surface area contributed by atoms with Crippen LogP contribution in [0.5, 0.6) is 5.75 Å². The van der Waals surface area contributed by atoms with Crippen molar-refractivity contribution in [1.29, 1.82) is 0 Å². The Morgan fingerprint density at radius 1 is 1.32 bits per heavy atom. The van der Waals surface area contributed by atoms with Gasteiger partial charge in [0.05, 0.1) is 15.8 Å². The highest BCUT2D eigenvalue weighted by Gasteiger charge is 2.29. The van der Waals surface area contributed by atoms with Crippen LogP contribution in [0.2, 0.25) is 0 Å². The second-order valence-electron chi connectivity index (χ2n) is 6.57. The van der Waals surface area contributed by atoms with E-state index in [0.717, 1.165) is 6.07 Å². The predicted octanol–water partition coefficient (Wildman–Crippen LogP) is 2.66. The van der Waals surface area contributed by atoms with Crippen molar-refractivity contribution in [3.8, 4) is 5.75 Å². The van der Waals surface area contributed by atoms with Gasteiger partial charge in [0, 0.05) is 18.2 Å². The summed E-state index contributed by atoms with van der Waals surface area (Å²) >= 11 is 0. The van der Waals surface area contributed by atoms with Gasteiger partial charge in [-0.15, -0.1) is 0 Å². The van der Waals surface area contributed by atoms with Crippen LogP contribution in [-0.2, 0) is 19.4 Å². The van der Waals surface area contributed by atoms with E-state index in [1.54, 1.807) is 6.92 Å². The molecule has 0 saturated carbocycles. The molecular weight excluding hydrogens is 387 g/mol. The van der Waals surface area contributed by atoms with Gasteiger partial charge in [0.15, 0.2) is 16.4 Å². The lowest BCUT2D eigenvalue weighted by atomic mass is 10.2. The van der Waals surface area contributed by atoms with Gasteiger partial charge in [0.25, 0.3) is 5.91 Å². The molecule has 3 rings (SSSR count). The summed E-state index contributed by atoms with van der Waals surface area (Å²) in [7, 11) is -3.84. The van der Waals surface area contributed by atoms with Crippen LogP contribution in [0.3, 0.4) is 0 Å². The van der Waals surface area contributed by atoms with Crippen molar-refractivity contribution in [2.24, 2.45) is 0 Å². The highest BCUT2D eigenvalue weighted by molar-refractivity contribution is 7.92. The monoisotopic (exact) mass is 406 g/mol. The van der Waals surface area contributed by atoms with Gasteiger partial charge >= 0.3 is 0 Å². The lowest BCUT2D eigenvalue weighted by Gasteiger charge is -2.21. The highest BCUT2D eigenvalue weighted by Crippen LogP contribution is 2.34. The molecule has 1 atom stereocenters. The van der Waals surface area contributed by atoms with Gasteiger partial charge in [-0.3, -0.25) is 9.59 Å². The Morgan fingerprint density at radius 2 is 2.07 bits per heavy atom. The maximum Gasteiger partial charge on any atom is 0.262 e. The normalized spacial score (nSPS) is 14.5. The van der Waals surface area contributed by atoms with Gasteiger partial charge in [0.1, 0.15) is 11.6 Å². The second kappa shape index (κ2) is 7.59. The van der Waals surface area contributed by atoms with Gasteiger partial charge < -0.3 is 15.4 Å². The van der Waals surface area contributed by atoms with Gasteiger partial charge in [-0.2, -0.15) is 0 Å². The van der Waals surface area contributed by atoms with Crippen LogP contribution in [0, 0.1) is 12.7 Å². The molecule has 0 aliphatic carbocycles. The maximum atomic E-state index is 13.2. The standard InChI is InChI=1S/C19H19FN2O5S/c1-11-6-15-16(27-10-19(24)22-15)9-17(11)28(25,26)12(2)7-18(23)21-14-5-3-4-13(20)8-14/h3-6,8-9,12H,7,10H2,1-2H3,(H,21,23)(H,22,24). The number of benzene rings is 2. The average Bonchev–Trinajstić information content (AvgIpc) is 2.60. The molecule has 0 spiro atoms. The third-order valence-electron chi connectivity index (χ3n) is 4.33. The number of hydrogen-bond donors (Lipinski definition) is 2. The number of sulfone groups is 1. The zero-order valence-corrected chi connectivity index (χ0v) is 16.1. The fourth-order valence-electron chi connectivity index (χ4n) is 2.89. The first-order chi connectivity index (χ1) is 13.2. The predicted molar refractivity (Wildman–Crippen MR) is 102 cm³/mol. The molecule has 1 unspecified atom stereocenters. The van der Waals surface area contributed by atoms with Crippen molar-refractivity contribution in [3.05, 3.63) is 47.8 Å². The Morgan fingerprint density at radius 3 is 2.79 bits per heavy atom. The third-order valence-corrected chi connectivity index (χ3v) is 6.61. The molecule has 2 N–H and O–H groups in total. The largest absolute Gasteiger partial charge is 0.482 e. The molecule has 2 aromatic carbocycles. The molecule has 2 amide bonds. The minimum atomic E-state index is -3.84. The average molecular weight is 406 g/mol. The number of aryl methyl sites for hydroxylation is 1. The molecule has 0 fully saturated rings. The number of hydrogen-bond acceptors (Lipinski definition) is 5.